The molecule has 1 saturated heterocycles. The van der Waals surface area contributed by atoms with Crippen molar-refractivity contribution in [2.24, 2.45) is 5.92 Å². The van der Waals surface area contributed by atoms with Crippen molar-refractivity contribution in [3.8, 4) is 0 Å². The Hall–Kier alpha value is -0.0900. The SMILES string of the molecule is CC(C)CC1CNCCN1Cc1ccc(Cl)s1. The van der Waals surface area contributed by atoms with Gasteiger partial charge in [0, 0.05) is 37.1 Å². The molecule has 1 aromatic rings. The minimum atomic E-state index is 0.671. The summed E-state index contributed by atoms with van der Waals surface area (Å²) in [6, 6.07) is 4.83. The average Bonchev–Trinajstić information content (AvgIpc) is 2.66. The molecule has 0 bridgehead atoms. The highest BCUT2D eigenvalue weighted by Gasteiger charge is 2.23. The molecule has 0 spiro atoms. The molecular formula is C13H21ClN2S. The molecule has 1 unspecified atom stereocenters. The molecule has 1 aliphatic heterocycles. The lowest BCUT2D eigenvalue weighted by Gasteiger charge is -2.36. The van der Waals surface area contributed by atoms with E-state index in [0.717, 1.165) is 36.4 Å². The van der Waals surface area contributed by atoms with Crippen LogP contribution in [0, 0.1) is 5.92 Å². The maximum absolute atomic E-state index is 5.99. The van der Waals surface area contributed by atoms with E-state index in [4.69, 9.17) is 11.6 Å². The number of halogens is 1. The molecule has 1 aliphatic rings. The first-order valence-electron chi connectivity index (χ1n) is 6.34. The molecule has 17 heavy (non-hydrogen) atoms. The summed E-state index contributed by atoms with van der Waals surface area (Å²) in [6.07, 6.45) is 1.27. The predicted octanol–water partition coefficient (Wildman–Crippen LogP) is 3.22. The Morgan fingerprint density at radius 2 is 2.35 bits per heavy atom. The van der Waals surface area contributed by atoms with Gasteiger partial charge in [0.05, 0.1) is 4.34 Å². The Morgan fingerprint density at radius 1 is 1.53 bits per heavy atom. The van der Waals surface area contributed by atoms with Crippen molar-refractivity contribution >= 4 is 22.9 Å². The van der Waals surface area contributed by atoms with Crippen molar-refractivity contribution in [1.82, 2.24) is 10.2 Å². The number of hydrogen-bond acceptors (Lipinski definition) is 3. The molecule has 0 radical (unpaired) electrons. The smallest absolute Gasteiger partial charge is 0.0931 e. The molecule has 1 atom stereocenters. The summed E-state index contributed by atoms with van der Waals surface area (Å²) >= 11 is 7.69. The molecule has 2 nitrogen and oxygen atoms in total. The third-order valence-electron chi connectivity index (χ3n) is 3.20. The lowest BCUT2D eigenvalue weighted by atomic mass is 10.0. The van der Waals surface area contributed by atoms with Gasteiger partial charge in [0.1, 0.15) is 0 Å². The summed E-state index contributed by atoms with van der Waals surface area (Å²) < 4.78 is 0.899. The minimum absolute atomic E-state index is 0.671. The Morgan fingerprint density at radius 3 is 3.00 bits per heavy atom. The van der Waals surface area contributed by atoms with Crippen LogP contribution in [-0.2, 0) is 6.54 Å². The van der Waals surface area contributed by atoms with Crippen molar-refractivity contribution in [3.05, 3.63) is 21.3 Å². The molecule has 1 aromatic heterocycles. The van der Waals surface area contributed by atoms with Crippen molar-refractivity contribution in [2.45, 2.75) is 32.9 Å². The Labute approximate surface area is 113 Å². The molecule has 0 amide bonds. The van der Waals surface area contributed by atoms with Crippen LogP contribution < -0.4 is 5.32 Å². The van der Waals surface area contributed by atoms with Crippen LogP contribution in [0.4, 0.5) is 0 Å². The van der Waals surface area contributed by atoms with Crippen molar-refractivity contribution in [3.63, 3.8) is 0 Å². The molecule has 1 N–H and O–H groups in total. The summed E-state index contributed by atoms with van der Waals surface area (Å²) in [5, 5.41) is 3.50. The first-order chi connectivity index (χ1) is 8.15. The van der Waals surface area contributed by atoms with E-state index in [2.05, 4.69) is 30.1 Å². The van der Waals surface area contributed by atoms with Gasteiger partial charge in [-0.1, -0.05) is 25.4 Å². The maximum atomic E-state index is 5.99. The summed E-state index contributed by atoms with van der Waals surface area (Å²) in [5.41, 5.74) is 0. The van der Waals surface area contributed by atoms with Gasteiger partial charge in [0.15, 0.2) is 0 Å². The van der Waals surface area contributed by atoms with E-state index in [1.54, 1.807) is 11.3 Å². The fourth-order valence-electron chi connectivity index (χ4n) is 2.42. The molecule has 2 rings (SSSR count). The van der Waals surface area contributed by atoms with E-state index in [-0.39, 0.29) is 0 Å². The fourth-order valence-corrected chi connectivity index (χ4v) is 3.54. The van der Waals surface area contributed by atoms with Gasteiger partial charge in [-0.05, 0) is 24.5 Å². The summed E-state index contributed by atoms with van der Waals surface area (Å²) in [7, 11) is 0. The Kier molecular flexibility index (Phi) is 4.86. The molecule has 96 valence electrons. The van der Waals surface area contributed by atoms with Gasteiger partial charge in [-0.15, -0.1) is 11.3 Å². The molecule has 4 heteroatoms. The third kappa shape index (κ3) is 3.95. The number of rotatable bonds is 4. The molecule has 2 heterocycles. The van der Waals surface area contributed by atoms with Gasteiger partial charge >= 0.3 is 0 Å². The Bertz CT molecular complexity index is 351. The zero-order chi connectivity index (χ0) is 12.3. The quantitative estimate of drug-likeness (QED) is 0.905. The zero-order valence-electron chi connectivity index (χ0n) is 10.6. The average molecular weight is 273 g/mol. The number of piperazine rings is 1. The second-order valence-electron chi connectivity index (χ2n) is 5.16. The molecule has 0 aliphatic carbocycles. The highest BCUT2D eigenvalue weighted by atomic mass is 35.5. The summed E-state index contributed by atoms with van der Waals surface area (Å²) in [5.74, 6) is 0.759. The van der Waals surface area contributed by atoms with E-state index in [9.17, 15) is 0 Å². The number of nitrogens with zero attached hydrogens (tertiary/aromatic N) is 1. The Balaban J connectivity index is 1.96. The second kappa shape index (κ2) is 6.19. The van der Waals surface area contributed by atoms with Crippen molar-refractivity contribution in [2.75, 3.05) is 19.6 Å². The van der Waals surface area contributed by atoms with Crippen molar-refractivity contribution < 1.29 is 0 Å². The molecule has 0 aromatic carbocycles. The van der Waals surface area contributed by atoms with Gasteiger partial charge in [0.2, 0.25) is 0 Å². The van der Waals surface area contributed by atoms with Crippen LogP contribution >= 0.6 is 22.9 Å². The van der Waals surface area contributed by atoms with Crippen LogP contribution in [0.15, 0.2) is 12.1 Å². The van der Waals surface area contributed by atoms with Crippen molar-refractivity contribution in [1.29, 1.82) is 0 Å². The van der Waals surface area contributed by atoms with Crippen LogP contribution in [0.3, 0.4) is 0 Å². The van der Waals surface area contributed by atoms with Crippen LogP contribution in [-0.4, -0.2) is 30.6 Å². The number of nitrogens with one attached hydrogen (secondary N) is 1. The first-order valence-corrected chi connectivity index (χ1v) is 7.53. The molecule has 0 saturated carbocycles. The normalized spacial score (nSPS) is 22.2. The third-order valence-corrected chi connectivity index (χ3v) is 4.42. The van der Waals surface area contributed by atoms with Crippen LogP contribution in [0.1, 0.15) is 25.1 Å². The predicted molar refractivity (Wildman–Crippen MR) is 75.9 cm³/mol. The van der Waals surface area contributed by atoms with Crippen LogP contribution in [0.25, 0.3) is 0 Å². The van der Waals surface area contributed by atoms with E-state index in [1.165, 1.54) is 11.3 Å². The minimum Gasteiger partial charge on any atom is -0.314 e. The lowest BCUT2D eigenvalue weighted by Crippen LogP contribution is -2.51. The van der Waals surface area contributed by atoms with Crippen LogP contribution in [0.5, 0.6) is 0 Å². The van der Waals surface area contributed by atoms with Gasteiger partial charge in [-0.25, -0.2) is 0 Å². The monoisotopic (exact) mass is 272 g/mol. The fraction of sp³-hybridized carbons (Fsp3) is 0.692. The number of hydrogen-bond donors (Lipinski definition) is 1. The van der Waals surface area contributed by atoms with Gasteiger partial charge in [-0.3, -0.25) is 4.90 Å². The van der Waals surface area contributed by atoms with E-state index in [0.29, 0.717) is 6.04 Å². The van der Waals surface area contributed by atoms with E-state index < -0.39 is 0 Å². The second-order valence-corrected chi connectivity index (χ2v) is 6.96. The maximum Gasteiger partial charge on any atom is 0.0931 e. The summed E-state index contributed by atoms with van der Waals surface area (Å²) in [4.78, 5) is 3.98. The number of thiophene rings is 1. The zero-order valence-corrected chi connectivity index (χ0v) is 12.2. The van der Waals surface area contributed by atoms with E-state index >= 15 is 0 Å². The molecular weight excluding hydrogens is 252 g/mol. The topological polar surface area (TPSA) is 15.3 Å². The standard InChI is InChI=1S/C13H21ClN2S/c1-10(2)7-11-8-15-5-6-16(11)9-12-3-4-13(14)17-12/h3-4,10-11,15H,5-9H2,1-2H3. The summed E-state index contributed by atoms with van der Waals surface area (Å²) in [6.45, 7) is 9.03. The highest BCUT2D eigenvalue weighted by molar-refractivity contribution is 7.16. The van der Waals surface area contributed by atoms with Gasteiger partial charge in [0.25, 0.3) is 0 Å². The largest absolute Gasteiger partial charge is 0.314 e. The van der Waals surface area contributed by atoms with E-state index in [1.807, 2.05) is 6.07 Å². The molecule has 1 fully saturated rings. The van der Waals surface area contributed by atoms with Gasteiger partial charge in [-0.2, -0.15) is 0 Å². The van der Waals surface area contributed by atoms with Crippen LogP contribution in [0.2, 0.25) is 4.34 Å². The lowest BCUT2D eigenvalue weighted by molar-refractivity contribution is 0.135. The first kappa shape index (κ1) is 13.3. The van der Waals surface area contributed by atoms with Gasteiger partial charge < -0.3 is 5.32 Å². The highest BCUT2D eigenvalue weighted by Crippen LogP contribution is 2.24.